The van der Waals surface area contributed by atoms with Gasteiger partial charge in [0.15, 0.2) is 0 Å². The zero-order valence-electron chi connectivity index (χ0n) is 26.2. The van der Waals surface area contributed by atoms with E-state index < -0.39 is 0 Å². The quantitative estimate of drug-likeness (QED) is 0.188. The SMILES string of the molecule is CN1CCN(C(=O)CCCCCON(C)C(=O)c2ccc(NC(=O)c3ccccc3OCCCO)cc2-c2ccccc2)CC1. The van der Waals surface area contributed by atoms with E-state index in [1.807, 2.05) is 35.2 Å². The zero-order valence-corrected chi connectivity index (χ0v) is 26.2. The zero-order chi connectivity index (χ0) is 32.0. The minimum Gasteiger partial charge on any atom is -0.493 e. The van der Waals surface area contributed by atoms with E-state index in [-0.39, 0.29) is 24.3 Å². The molecule has 10 nitrogen and oxygen atoms in total. The third-order valence-electron chi connectivity index (χ3n) is 7.75. The molecule has 2 N–H and O–H groups in total. The highest BCUT2D eigenvalue weighted by atomic mass is 16.7. The van der Waals surface area contributed by atoms with E-state index in [9.17, 15) is 14.4 Å². The van der Waals surface area contributed by atoms with E-state index in [1.165, 1.54) is 5.06 Å². The molecule has 45 heavy (non-hydrogen) atoms. The number of aliphatic hydroxyl groups excluding tert-OH is 1. The minimum absolute atomic E-state index is 0.00148. The van der Waals surface area contributed by atoms with Crippen molar-refractivity contribution in [3.8, 4) is 16.9 Å². The number of likely N-dealkylation sites (N-methyl/N-ethyl adjacent to an activating group) is 1. The fourth-order valence-electron chi connectivity index (χ4n) is 5.09. The molecule has 1 heterocycles. The summed E-state index contributed by atoms with van der Waals surface area (Å²) < 4.78 is 5.70. The van der Waals surface area contributed by atoms with Crippen molar-refractivity contribution < 1.29 is 29.1 Å². The van der Waals surface area contributed by atoms with Crippen LogP contribution in [0.1, 0.15) is 52.8 Å². The minimum atomic E-state index is -0.349. The van der Waals surface area contributed by atoms with Gasteiger partial charge >= 0.3 is 0 Å². The molecule has 4 rings (SSSR count). The lowest BCUT2D eigenvalue weighted by Crippen LogP contribution is -2.47. The van der Waals surface area contributed by atoms with Gasteiger partial charge in [0.1, 0.15) is 5.75 Å². The Hall–Kier alpha value is -4.25. The van der Waals surface area contributed by atoms with Gasteiger partial charge in [0.25, 0.3) is 11.8 Å². The number of ether oxygens (including phenoxy) is 1. The van der Waals surface area contributed by atoms with Crippen LogP contribution in [0.4, 0.5) is 5.69 Å². The molecular weight excluding hydrogens is 572 g/mol. The molecule has 1 fully saturated rings. The predicted molar refractivity (Wildman–Crippen MR) is 174 cm³/mol. The summed E-state index contributed by atoms with van der Waals surface area (Å²) in [5.74, 6) is -0.0168. The summed E-state index contributed by atoms with van der Waals surface area (Å²) in [5, 5.41) is 13.2. The smallest absolute Gasteiger partial charge is 0.277 e. The number of carbonyl (C=O) groups excluding carboxylic acids is 3. The van der Waals surface area contributed by atoms with Crippen LogP contribution in [-0.2, 0) is 9.63 Å². The Labute approximate surface area is 265 Å². The van der Waals surface area contributed by atoms with Gasteiger partial charge in [-0.3, -0.25) is 19.2 Å². The number of hydrogen-bond acceptors (Lipinski definition) is 7. The van der Waals surface area contributed by atoms with Crippen LogP contribution in [0.15, 0.2) is 72.8 Å². The molecule has 1 aliphatic rings. The van der Waals surface area contributed by atoms with Gasteiger partial charge in [-0.25, -0.2) is 5.06 Å². The van der Waals surface area contributed by atoms with Crippen molar-refractivity contribution in [2.75, 3.05) is 65.4 Å². The molecule has 1 saturated heterocycles. The van der Waals surface area contributed by atoms with E-state index in [4.69, 9.17) is 14.7 Å². The molecule has 0 aliphatic carbocycles. The van der Waals surface area contributed by atoms with Crippen LogP contribution in [0.25, 0.3) is 11.1 Å². The van der Waals surface area contributed by atoms with Crippen molar-refractivity contribution in [3.63, 3.8) is 0 Å². The third kappa shape index (κ3) is 9.87. The second-order valence-electron chi connectivity index (χ2n) is 11.1. The van der Waals surface area contributed by atoms with Crippen LogP contribution in [-0.4, -0.2) is 97.8 Å². The van der Waals surface area contributed by atoms with Gasteiger partial charge in [-0.2, -0.15) is 0 Å². The molecule has 0 bridgehead atoms. The average molecular weight is 617 g/mol. The van der Waals surface area contributed by atoms with E-state index in [2.05, 4.69) is 17.3 Å². The van der Waals surface area contributed by atoms with Gasteiger partial charge in [0.05, 0.1) is 18.8 Å². The van der Waals surface area contributed by atoms with Gasteiger partial charge in [0.2, 0.25) is 5.91 Å². The van der Waals surface area contributed by atoms with Crippen molar-refractivity contribution in [1.29, 1.82) is 0 Å². The molecular formula is C35H44N4O6. The number of nitrogens with one attached hydrogen (secondary N) is 1. The lowest BCUT2D eigenvalue weighted by Gasteiger charge is -2.32. The number of amides is 3. The maximum Gasteiger partial charge on any atom is 0.277 e. The Morgan fingerprint density at radius 2 is 1.58 bits per heavy atom. The molecule has 0 saturated carbocycles. The number of carbonyl (C=O) groups is 3. The number of rotatable bonds is 15. The lowest BCUT2D eigenvalue weighted by molar-refractivity contribution is -0.133. The molecule has 3 aromatic carbocycles. The highest BCUT2D eigenvalue weighted by molar-refractivity contribution is 6.07. The number of unbranched alkanes of at least 4 members (excludes halogenated alkanes) is 2. The van der Waals surface area contributed by atoms with Gasteiger partial charge < -0.3 is 25.0 Å². The summed E-state index contributed by atoms with van der Waals surface area (Å²) in [4.78, 5) is 49.1. The summed E-state index contributed by atoms with van der Waals surface area (Å²) in [6.45, 7) is 4.07. The second kappa shape index (κ2) is 17.3. The lowest BCUT2D eigenvalue weighted by atomic mass is 9.98. The maximum absolute atomic E-state index is 13.5. The molecule has 0 spiro atoms. The van der Waals surface area contributed by atoms with E-state index >= 15 is 0 Å². The van der Waals surface area contributed by atoms with E-state index in [0.29, 0.717) is 54.2 Å². The number of anilines is 1. The number of hydroxylamine groups is 2. The van der Waals surface area contributed by atoms with E-state index in [1.54, 1.807) is 49.5 Å². The summed E-state index contributed by atoms with van der Waals surface area (Å²) in [7, 11) is 3.67. The summed E-state index contributed by atoms with van der Waals surface area (Å²) in [5.41, 5.74) is 2.81. The molecule has 0 unspecified atom stereocenters. The van der Waals surface area contributed by atoms with Crippen molar-refractivity contribution in [2.24, 2.45) is 0 Å². The molecule has 1 aliphatic heterocycles. The number of nitrogens with zero attached hydrogens (tertiary/aromatic N) is 3. The first kappa shape index (κ1) is 33.6. The second-order valence-corrected chi connectivity index (χ2v) is 11.1. The number of aliphatic hydroxyl groups is 1. The van der Waals surface area contributed by atoms with Gasteiger partial charge in [-0.05, 0) is 61.3 Å². The first-order chi connectivity index (χ1) is 21.9. The summed E-state index contributed by atoms with van der Waals surface area (Å²) in [6.07, 6.45) is 3.35. The Morgan fingerprint density at radius 1 is 0.844 bits per heavy atom. The first-order valence-corrected chi connectivity index (χ1v) is 15.6. The summed E-state index contributed by atoms with van der Waals surface area (Å²) >= 11 is 0. The Morgan fingerprint density at radius 3 is 2.33 bits per heavy atom. The third-order valence-corrected chi connectivity index (χ3v) is 7.75. The van der Waals surface area contributed by atoms with Gasteiger partial charge in [0, 0.05) is 63.9 Å². The monoisotopic (exact) mass is 616 g/mol. The molecule has 0 radical (unpaired) electrons. The number of piperazine rings is 1. The first-order valence-electron chi connectivity index (χ1n) is 15.6. The van der Waals surface area contributed by atoms with Crippen LogP contribution in [0.3, 0.4) is 0 Å². The van der Waals surface area contributed by atoms with Crippen molar-refractivity contribution in [3.05, 3.63) is 83.9 Å². The normalized spacial score (nSPS) is 13.4. The number of hydrogen-bond donors (Lipinski definition) is 2. The molecule has 0 aromatic heterocycles. The molecule has 240 valence electrons. The fourth-order valence-corrected chi connectivity index (χ4v) is 5.09. The summed E-state index contributed by atoms with van der Waals surface area (Å²) in [6, 6.07) is 21.6. The van der Waals surface area contributed by atoms with Crippen molar-refractivity contribution >= 4 is 23.4 Å². The van der Waals surface area contributed by atoms with Crippen LogP contribution in [0.2, 0.25) is 0 Å². The van der Waals surface area contributed by atoms with Crippen LogP contribution >= 0.6 is 0 Å². The van der Waals surface area contributed by atoms with Crippen LogP contribution in [0, 0.1) is 0 Å². The van der Waals surface area contributed by atoms with E-state index in [0.717, 1.165) is 51.0 Å². The Kier molecular flexibility index (Phi) is 12.9. The standard InChI is InChI=1S/C35H44N4O6/c1-37-19-21-39(22-20-37)33(41)16-7-4-10-25-45-38(2)35(43)29-18-17-28(26-31(29)27-12-5-3-6-13-27)36-34(42)30-14-8-9-15-32(30)44-24-11-23-40/h3,5-6,8-9,12-15,17-18,26,40H,4,7,10-11,16,19-25H2,1-2H3,(H,36,42). The van der Waals surface area contributed by atoms with Crippen LogP contribution < -0.4 is 10.1 Å². The Bertz CT molecular complexity index is 1410. The van der Waals surface area contributed by atoms with Crippen LogP contribution in [0.5, 0.6) is 5.75 Å². The molecule has 0 atom stereocenters. The number of para-hydroxylation sites is 1. The molecule has 10 heteroatoms. The number of benzene rings is 3. The predicted octanol–water partition coefficient (Wildman–Crippen LogP) is 4.71. The van der Waals surface area contributed by atoms with Gasteiger partial charge in [-0.15, -0.1) is 0 Å². The Balaban J connectivity index is 1.35. The molecule has 3 aromatic rings. The highest BCUT2D eigenvalue weighted by Gasteiger charge is 2.21. The van der Waals surface area contributed by atoms with Crippen molar-refractivity contribution in [2.45, 2.75) is 32.1 Å². The average Bonchev–Trinajstić information content (AvgIpc) is 3.06. The highest BCUT2D eigenvalue weighted by Crippen LogP contribution is 2.29. The maximum atomic E-state index is 13.5. The molecule has 3 amide bonds. The van der Waals surface area contributed by atoms with Gasteiger partial charge in [-0.1, -0.05) is 48.9 Å². The largest absolute Gasteiger partial charge is 0.493 e. The van der Waals surface area contributed by atoms with Crippen molar-refractivity contribution in [1.82, 2.24) is 14.9 Å². The topological polar surface area (TPSA) is 112 Å². The fraction of sp³-hybridized carbons (Fsp3) is 0.400.